The van der Waals surface area contributed by atoms with Gasteiger partial charge in [0.05, 0.1) is 18.7 Å². The number of rotatable bonds is 7. The average Bonchev–Trinajstić information content (AvgIpc) is 2.80. The minimum Gasteiger partial charge on any atom is -0.465 e. The number of benzene rings is 2. The summed E-state index contributed by atoms with van der Waals surface area (Å²) in [4.78, 5) is 38.8. The van der Waals surface area contributed by atoms with Crippen LogP contribution in [0.4, 0.5) is 10.5 Å². The summed E-state index contributed by atoms with van der Waals surface area (Å²) in [5.74, 6) is 4.84. The summed E-state index contributed by atoms with van der Waals surface area (Å²) in [6.45, 7) is 0.290. The van der Waals surface area contributed by atoms with Gasteiger partial charge in [0, 0.05) is 24.3 Å². The Kier molecular flexibility index (Phi) is 7.13. The number of ether oxygens (including phenoxy) is 1. The molecule has 1 aliphatic heterocycles. The zero-order valence-corrected chi connectivity index (χ0v) is 18.2. The molecule has 3 rings (SSSR count). The third kappa shape index (κ3) is 5.57. The molecule has 0 aliphatic carbocycles. The van der Waals surface area contributed by atoms with Gasteiger partial charge in [-0.05, 0) is 35.7 Å². The SMILES string of the molecule is COC(=O)c1cc(N)cc(C2CCN(N)C(=O)N2CC(=O)NCc2ccc(C(=N)N)cc2)c1. The molecule has 0 radical (unpaired) electrons. The first-order chi connectivity index (χ1) is 15.7. The fourth-order valence-electron chi connectivity index (χ4n) is 3.65. The smallest absolute Gasteiger partial charge is 0.337 e. The van der Waals surface area contributed by atoms with Crippen molar-refractivity contribution in [2.45, 2.75) is 19.0 Å². The molecule has 0 spiro atoms. The van der Waals surface area contributed by atoms with Gasteiger partial charge >= 0.3 is 12.0 Å². The van der Waals surface area contributed by atoms with Crippen LogP contribution in [-0.4, -0.2) is 53.9 Å². The van der Waals surface area contributed by atoms with E-state index < -0.39 is 18.0 Å². The predicted molar refractivity (Wildman–Crippen MR) is 122 cm³/mol. The van der Waals surface area contributed by atoms with Gasteiger partial charge in [0.1, 0.15) is 12.4 Å². The van der Waals surface area contributed by atoms with Crippen molar-refractivity contribution < 1.29 is 19.1 Å². The minimum atomic E-state index is -0.550. The first-order valence-corrected chi connectivity index (χ1v) is 10.2. The lowest BCUT2D eigenvalue weighted by Crippen LogP contribution is -2.55. The number of anilines is 1. The highest BCUT2D eigenvalue weighted by Crippen LogP contribution is 2.31. The number of hydrazine groups is 1. The molecule has 33 heavy (non-hydrogen) atoms. The van der Waals surface area contributed by atoms with E-state index >= 15 is 0 Å². The van der Waals surface area contributed by atoms with Crippen LogP contribution in [0.5, 0.6) is 0 Å². The summed E-state index contributed by atoms with van der Waals surface area (Å²) in [5.41, 5.74) is 14.0. The fraction of sp³-hybridized carbons (Fsp3) is 0.273. The maximum atomic E-state index is 12.8. The van der Waals surface area contributed by atoms with Crippen LogP contribution < -0.4 is 22.6 Å². The number of hydrogen-bond acceptors (Lipinski definition) is 7. The molecule has 1 saturated heterocycles. The lowest BCUT2D eigenvalue weighted by molar-refractivity contribution is -0.122. The number of carbonyl (C=O) groups excluding carboxylic acids is 3. The minimum absolute atomic E-state index is 0.0384. The Morgan fingerprint density at radius 3 is 2.52 bits per heavy atom. The van der Waals surface area contributed by atoms with Gasteiger partial charge in [0.2, 0.25) is 5.91 Å². The van der Waals surface area contributed by atoms with Crippen molar-refractivity contribution in [3.8, 4) is 0 Å². The number of amides is 3. The third-order valence-electron chi connectivity index (χ3n) is 5.36. The Hall–Kier alpha value is -4.12. The molecule has 1 atom stereocenters. The predicted octanol–water partition coefficient (Wildman–Crippen LogP) is 0.698. The Morgan fingerprint density at radius 2 is 1.88 bits per heavy atom. The lowest BCUT2D eigenvalue weighted by Gasteiger charge is -2.39. The second kappa shape index (κ2) is 10.0. The number of methoxy groups -OCH3 is 1. The van der Waals surface area contributed by atoms with E-state index in [1.54, 1.807) is 36.4 Å². The zero-order valence-electron chi connectivity index (χ0n) is 18.2. The van der Waals surface area contributed by atoms with Crippen LogP contribution in [-0.2, 0) is 16.1 Å². The standard InChI is InChI=1S/C22H27N7O4/c1-33-21(31)16-8-15(9-17(23)10-16)18-6-7-29(26)22(32)28(18)12-19(30)27-11-13-2-4-14(5-3-13)20(24)25/h2-5,8-10,18H,6-7,11-12,23,26H2,1H3,(H3,24,25)(H,27,30). The largest absolute Gasteiger partial charge is 0.465 e. The van der Waals surface area contributed by atoms with Crippen LogP contribution >= 0.6 is 0 Å². The van der Waals surface area contributed by atoms with Crippen LogP contribution in [0.1, 0.15) is 39.5 Å². The number of hydrogen-bond donors (Lipinski definition) is 5. The zero-order chi connectivity index (χ0) is 24.1. The van der Waals surface area contributed by atoms with Gasteiger partial charge in [-0.25, -0.2) is 15.4 Å². The van der Waals surface area contributed by atoms with E-state index in [1.165, 1.54) is 18.1 Å². The van der Waals surface area contributed by atoms with E-state index in [0.717, 1.165) is 10.6 Å². The molecule has 0 saturated carbocycles. The van der Waals surface area contributed by atoms with Gasteiger partial charge in [-0.3, -0.25) is 15.2 Å². The van der Waals surface area contributed by atoms with Crippen molar-refractivity contribution in [1.29, 1.82) is 5.41 Å². The van der Waals surface area contributed by atoms with E-state index in [2.05, 4.69) is 5.32 Å². The molecule has 8 N–H and O–H groups in total. The molecule has 11 nitrogen and oxygen atoms in total. The number of amidine groups is 1. The monoisotopic (exact) mass is 453 g/mol. The molecule has 1 unspecified atom stereocenters. The summed E-state index contributed by atoms with van der Waals surface area (Å²) >= 11 is 0. The number of esters is 1. The van der Waals surface area contributed by atoms with Crippen molar-refractivity contribution in [2.75, 3.05) is 25.9 Å². The molecular formula is C22H27N7O4. The molecular weight excluding hydrogens is 426 g/mol. The Morgan fingerprint density at radius 1 is 1.18 bits per heavy atom. The average molecular weight is 454 g/mol. The van der Waals surface area contributed by atoms with Crippen molar-refractivity contribution in [2.24, 2.45) is 11.6 Å². The molecule has 174 valence electrons. The number of nitrogens with two attached hydrogens (primary N) is 3. The second-order valence-corrected chi connectivity index (χ2v) is 7.68. The molecule has 1 aliphatic rings. The molecule has 11 heteroatoms. The maximum Gasteiger partial charge on any atom is 0.337 e. The van der Waals surface area contributed by atoms with Gasteiger partial charge in [-0.15, -0.1) is 0 Å². The molecule has 2 aromatic carbocycles. The topological polar surface area (TPSA) is 181 Å². The number of nitrogen functional groups attached to an aromatic ring is 2. The summed E-state index contributed by atoms with van der Waals surface area (Å²) in [5, 5.41) is 11.3. The van der Waals surface area contributed by atoms with E-state index in [4.69, 9.17) is 27.5 Å². The lowest BCUT2D eigenvalue weighted by atomic mass is 9.97. The summed E-state index contributed by atoms with van der Waals surface area (Å²) in [7, 11) is 1.27. The van der Waals surface area contributed by atoms with Gasteiger partial charge < -0.3 is 26.4 Å². The number of carbonyl (C=O) groups is 3. The van der Waals surface area contributed by atoms with E-state index in [-0.39, 0.29) is 36.9 Å². The van der Waals surface area contributed by atoms with Crippen LogP contribution in [0.25, 0.3) is 0 Å². The third-order valence-corrected chi connectivity index (χ3v) is 5.36. The molecule has 3 amide bonds. The molecule has 1 fully saturated rings. The number of nitrogens with one attached hydrogen (secondary N) is 2. The fourth-order valence-corrected chi connectivity index (χ4v) is 3.65. The molecule has 0 aromatic heterocycles. The van der Waals surface area contributed by atoms with Crippen molar-refractivity contribution in [1.82, 2.24) is 15.2 Å². The molecule has 2 aromatic rings. The first-order valence-electron chi connectivity index (χ1n) is 10.2. The van der Waals surface area contributed by atoms with E-state index in [1.807, 2.05) is 0 Å². The van der Waals surface area contributed by atoms with Crippen molar-refractivity contribution in [3.63, 3.8) is 0 Å². The molecule has 1 heterocycles. The molecule has 0 bridgehead atoms. The number of urea groups is 1. The summed E-state index contributed by atoms with van der Waals surface area (Å²) in [6.07, 6.45) is 0.450. The van der Waals surface area contributed by atoms with Gasteiger partial charge in [-0.1, -0.05) is 24.3 Å². The van der Waals surface area contributed by atoms with Gasteiger partial charge in [0.15, 0.2) is 0 Å². The van der Waals surface area contributed by atoms with E-state index in [0.29, 0.717) is 23.2 Å². The Labute approximate surface area is 190 Å². The van der Waals surface area contributed by atoms with Crippen LogP contribution in [0.15, 0.2) is 42.5 Å². The summed E-state index contributed by atoms with van der Waals surface area (Å²) < 4.78 is 4.77. The first kappa shape index (κ1) is 23.5. The van der Waals surface area contributed by atoms with Crippen LogP contribution in [0, 0.1) is 5.41 Å². The normalized spacial score (nSPS) is 15.8. The summed E-state index contributed by atoms with van der Waals surface area (Å²) in [6, 6.07) is 10.7. The Bertz CT molecular complexity index is 1070. The highest BCUT2D eigenvalue weighted by Gasteiger charge is 2.34. The number of nitrogens with zero attached hydrogens (tertiary/aromatic N) is 2. The van der Waals surface area contributed by atoms with Gasteiger partial charge in [0.25, 0.3) is 0 Å². The second-order valence-electron chi connectivity index (χ2n) is 7.68. The van der Waals surface area contributed by atoms with Gasteiger partial charge in [-0.2, -0.15) is 0 Å². The Balaban J connectivity index is 1.75. The quantitative estimate of drug-likeness (QED) is 0.102. The van der Waals surface area contributed by atoms with E-state index in [9.17, 15) is 14.4 Å². The van der Waals surface area contributed by atoms with Crippen LogP contribution in [0.2, 0.25) is 0 Å². The highest BCUT2D eigenvalue weighted by atomic mass is 16.5. The maximum absolute atomic E-state index is 12.8. The van der Waals surface area contributed by atoms with Crippen molar-refractivity contribution in [3.05, 3.63) is 64.7 Å². The van der Waals surface area contributed by atoms with Crippen molar-refractivity contribution >= 4 is 29.4 Å². The van der Waals surface area contributed by atoms with Crippen LogP contribution in [0.3, 0.4) is 0 Å². The highest BCUT2D eigenvalue weighted by molar-refractivity contribution is 5.95.